The van der Waals surface area contributed by atoms with E-state index in [1.165, 1.54) is 15.2 Å². The molecule has 0 aliphatic rings. The average Bonchev–Trinajstić information content (AvgIpc) is 2.88. The predicted molar refractivity (Wildman–Crippen MR) is 74.9 cm³/mol. The fourth-order valence-electron chi connectivity index (χ4n) is 1.96. The first-order chi connectivity index (χ1) is 9.65. The van der Waals surface area contributed by atoms with Gasteiger partial charge in [-0.15, -0.1) is 0 Å². The highest BCUT2D eigenvalue weighted by molar-refractivity contribution is 5.61. The molecular weight excluding hydrogens is 256 g/mol. The molecule has 3 rings (SSSR count). The zero-order chi connectivity index (χ0) is 14.1. The lowest BCUT2D eigenvalue weighted by atomic mass is 10.1. The molecule has 3 aromatic heterocycles. The summed E-state index contributed by atoms with van der Waals surface area (Å²) in [4.78, 5) is 29.7. The minimum Gasteiger partial charge on any atom is -0.318 e. The molecule has 0 aliphatic carbocycles. The van der Waals surface area contributed by atoms with Crippen molar-refractivity contribution in [3.63, 3.8) is 0 Å². The van der Waals surface area contributed by atoms with Crippen LogP contribution in [-0.2, 0) is 7.05 Å². The number of hydrogen-bond donors (Lipinski definition) is 1. The largest absolute Gasteiger partial charge is 0.331 e. The van der Waals surface area contributed by atoms with E-state index in [4.69, 9.17) is 0 Å². The molecule has 20 heavy (non-hydrogen) atoms. The maximum atomic E-state index is 11.5. The standard InChI is InChI=1S/C14H12N4O2/c1-17-9-11(3-5-13(17)19)10-2-4-12(16-8-10)18-7-6-15-14(18)20/h2-9H,1H3,(H,15,20). The van der Waals surface area contributed by atoms with Crippen molar-refractivity contribution in [2.45, 2.75) is 0 Å². The van der Waals surface area contributed by atoms with Crippen LogP contribution in [0.5, 0.6) is 0 Å². The number of aryl methyl sites for hydroxylation is 1. The van der Waals surface area contributed by atoms with E-state index in [1.807, 2.05) is 6.07 Å². The molecule has 3 aromatic rings. The van der Waals surface area contributed by atoms with Crippen LogP contribution in [0.25, 0.3) is 16.9 Å². The number of hydrogen-bond acceptors (Lipinski definition) is 3. The number of aromatic nitrogens is 4. The van der Waals surface area contributed by atoms with E-state index in [2.05, 4.69) is 9.97 Å². The molecule has 0 aromatic carbocycles. The van der Waals surface area contributed by atoms with Gasteiger partial charge in [0.25, 0.3) is 0 Å². The van der Waals surface area contributed by atoms with E-state index in [9.17, 15) is 9.59 Å². The summed E-state index contributed by atoms with van der Waals surface area (Å²) in [6.45, 7) is 0. The molecule has 0 saturated carbocycles. The molecule has 3 heterocycles. The molecule has 6 nitrogen and oxygen atoms in total. The Morgan fingerprint density at radius 3 is 2.50 bits per heavy atom. The highest BCUT2D eigenvalue weighted by atomic mass is 16.1. The molecule has 0 fully saturated rings. The zero-order valence-electron chi connectivity index (χ0n) is 10.8. The van der Waals surface area contributed by atoms with Gasteiger partial charge in [-0.2, -0.15) is 0 Å². The molecule has 0 spiro atoms. The van der Waals surface area contributed by atoms with E-state index in [1.54, 1.807) is 44.0 Å². The van der Waals surface area contributed by atoms with Gasteiger partial charge in [-0.25, -0.2) is 9.78 Å². The van der Waals surface area contributed by atoms with E-state index in [0.717, 1.165) is 11.1 Å². The van der Waals surface area contributed by atoms with Crippen molar-refractivity contribution in [2.24, 2.45) is 7.05 Å². The number of H-pyrrole nitrogens is 1. The summed E-state index contributed by atoms with van der Waals surface area (Å²) in [5.74, 6) is 0.546. The average molecular weight is 268 g/mol. The van der Waals surface area contributed by atoms with Crippen molar-refractivity contribution in [2.75, 3.05) is 0 Å². The topological polar surface area (TPSA) is 72.7 Å². The van der Waals surface area contributed by atoms with Crippen LogP contribution in [0.4, 0.5) is 0 Å². The van der Waals surface area contributed by atoms with Gasteiger partial charge >= 0.3 is 5.69 Å². The Balaban J connectivity index is 2.01. The van der Waals surface area contributed by atoms with Crippen molar-refractivity contribution in [1.29, 1.82) is 0 Å². The fraction of sp³-hybridized carbons (Fsp3) is 0.0714. The predicted octanol–water partition coefficient (Wildman–Crippen LogP) is 0.926. The van der Waals surface area contributed by atoms with E-state index in [-0.39, 0.29) is 11.2 Å². The minimum absolute atomic E-state index is 0.0581. The van der Waals surface area contributed by atoms with Crippen LogP contribution >= 0.6 is 0 Å². The maximum Gasteiger partial charge on any atom is 0.331 e. The number of rotatable bonds is 2. The van der Waals surface area contributed by atoms with Gasteiger partial charge < -0.3 is 9.55 Å². The van der Waals surface area contributed by atoms with Crippen LogP contribution < -0.4 is 11.2 Å². The highest BCUT2D eigenvalue weighted by Gasteiger charge is 2.03. The number of aromatic amines is 1. The Morgan fingerprint density at radius 1 is 1.10 bits per heavy atom. The molecule has 0 unspecified atom stereocenters. The molecule has 0 saturated heterocycles. The van der Waals surface area contributed by atoms with E-state index < -0.39 is 0 Å². The normalized spacial score (nSPS) is 10.7. The highest BCUT2D eigenvalue weighted by Crippen LogP contribution is 2.17. The lowest BCUT2D eigenvalue weighted by Gasteiger charge is -2.05. The van der Waals surface area contributed by atoms with Crippen LogP contribution in [0.3, 0.4) is 0 Å². The Labute approximate surface area is 114 Å². The molecule has 0 amide bonds. The first kappa shape index (κ1) is 12.2. The molecule has 0 radical (unpaired) electrons. The number of nitrogens with one attached hydrogen (secondary N) is 1. The number of pyridine rings is 2. The van der Waals surface area contributed by atoms with Gasteiger partial charge in [-0.1, -0.05) is 0 Å². The second kappa shape index (κ2) is 4.65. The Hall–Kier alpha value is -2.89. The van der Waals surface area contributed by atoms with Gasteiger partial charge in [0.05, 0.1) is 0 Å². The lowest BCUT2D eigenvalue weighted by Crippen LogP contribution is -2.15. The monoisotopic (exact) mass is 268 g/mol. The minimum atomic E-state index is -0.229. The van der Waals surface area contributed by atoms with E-state index in [0.29, 0.717) is 5.82 Å². The Morgan fingerprint density at radius 2 is 1.90 bits per heavy atom. The molecule has 6 heteroatoms. The van der Waals surface area contributed by atoms with Crippen molar-refractivity contribution in [3.05, 3.63) is 69.9 Å². The van der Waals surface area contributed by atoms with Gasteiger partial charge in [0.1, 0.15) is 5.82 Å². The Kier molecular flexibility index (Phi) is 2.83. The van der Waals surface area contributed by atoms with Crippen molar-refractivity contribution in [1.82, 2.24) is 19.1 Å². The summed E-state index contributed by atoms with van der Waals surface area (Å²) in [6.07, 6.45) is 6.61. The smallest absolute Gasteiger partial charge is 0.318 e. The quantitative estimate of drug-likeness (QED) is 0.751. The van der Waals surface area contributed by atoms with Crippen molar-refractivity contribution < 1.29 is 0 Å². The van der Waals surface area contributed by atoms with Gasteiger partial charge in [-0.05, 0) is 23.8 Å². The molecule has 0 atom stereocenters. The van der Waals surface area contributed by atoms with Crippen LogP contribution in [0.2, 0.25) is 0 Å². The van der Waals surface area contributed by atoms with Crippen LogP contribution in [-0.4, -0.2) is 19.1 Å². The van der Waals surface area contributed by atoms with Crippen LogP contribution in [0, 0.1) is 0 Å². The first-order valence-corrected chi connectivity index (χ1v) is 6.05. The van der Waals surface area contributed by atoms with Gasteiger partial charge in [-0.3, -0.25) is 9.36 Å². The van der Waals surface area contributed by atoms with Gasteiger partial charge in [0.2, 0.25) is 5.56 Å². The molecule has 0 bridgehead atoms. The molecule has 100 valence electrons. The van der Waals surface area contributed by atoms with Crippen LogP contribution in [0.1, 0.15) is 0 Å². The van der Waals surface area contributed by atoms with Gasteiger partial charge in [0.15, 0.2) is 0 Å². The Bertz CT molecular complexity index is 856. The summed E-state index contributed by atoms with van der Waals surface area (Å²) in [7, 11) is 1.70. The second-order valence-corrected chi connectivity index (χ2v) is 4.41. The third-order valence-corrected chi connectivity index (χ3v) is 3.06. The first-order valence-electron chi connectivity index (χ1n) is 6.05. The SMILES string of the molecule is Cn1cc(-c2ccc(-n3cc[nH]c3=O)nc2)ccc1=O. The second-order valence-electron chi connectivity index (χ2n) is 4.41. The van der Waals surface area contributed by atoms with Crippen molar-refractivity contribution in [3.8, 4) is 16.9 Å². The maximum absolute atomic E-state index is 11.5. The summed E-state index contributed by atoms with van der Waals surface area (Å²) >= 11 is 0. The molecule has 1 N–H and O–H groups in total. The fourth-order valence-corrected chi connectivity index (χ4v) is 1.96. The lowest BCUT2D eigenvalue weighted by molar-refractivity contribution is 0.862. The summed E-state index contributed by atoms with van der Waals surface area (Å²) in [5.41, 5.74) is 1.49. The zero-order valence-corrected chi connectivity index (χ0v) is 10.8. The molecule has 0 aliphatic heterocycles. The number of nitrogens with zero attached hydrogens (tertiary/aromatic N) is 3. The summed E-state index contributed by atoms with van der Waals surface area (Å²) < 4.78 is 2.93. The van der Waals surface area contributed by atoms with Gasteiger partial charge in [0, 0.05) is 43.5 Å². The van der Waals surface area contributed by atoms with Crippen LogP contribution in [0.15, 0.2) is 58.6 Å². The third kappa shape index (κ3) is 2.07. The number of imidazole rings is 1. The van der Waals surface area contributed by atoms with E-state index >= 15 is 0 Å². The summed E-state index contributed by atoms with van der Waals surface area (Å²) in [5, 5.41) is 0. The molecular formula is C14H12N4O2. The third-order valence-electron chi connectivity index (χ3n) is 3.06. The van der Waals surface area contributed by atoms with Crippen molar-refractivity contribution >= 4 is 0 Å². The summed E-state index contributed by atoms with van der Waals surface area (Å²) in [6, 6.07) is 6.89.